The Hall–Kier alpha value is -0.453. The standard InChI is InChI=1S/C27H46O3Si/c1-25(2,3)31(6,7)30-20-12-14-26(4)19(18-20)8-9-21-22-10-11-24(29-17-16-28)27(22,5)15-13-23(21)26/h8,16,20-24H,9-15,17-18H2,1-7H3/t20-,21-,22-,23-,24-,26-,27-/m0/s1. The van der Waals surface area contributed by atoms with Gasteiger partial charge in [-0.25, -0.2) is 0 Å². The van der Waals surface area contributed by atoms with E-state index in [2.05, 4.69) is 53.8 Å². The molecule has 3 saturated carbocycles. The molecular weight excluding hydrogens is 400 g/mol. The summed E-state index contributed by atoms with van der Waals surface area (Å²) in [5.41, 5.74) is 2.33. The van der Waals surface area contributed by atoms with Gasteiger partial charge in [0.2, 0.25) is 0 Å². The normalized spacial score (nSPS) is 42.9. The van der Waals surface area contributed by atoms with Gasteiger partial charge in [-0.15, -0.1) is 0 Å². The van der Waals surface area contributed by atoms with E-state index in [1.807, 2.05) is 0 Å². The third-order valence-corrected chi connectivity index (χ3v) is 15.1. The minimum absolute atomic E-state index is 0.258. The third-order valence-electron chi connectivity index (χ3n) is 10.6. The van der Waals surface area contributed by atoms with Gasteiger partial charge in [-0.1, -0.05) is 46.3 Å². The van der Waals surface area contributed by atoms with Crippen LogP contribution in [0, 0.1) is 28.6 Å². The van der Waals surface area contributed by atoms with Gasteiger partial charge in [-0.3, -0.25) is 0 Å². The van der Waals surface area contributed by atoms with Crippen molar-refractivity contribution in [3.8, 4) is 0 Å². The second-order valence-electron chi connectivity index (χ2n) is 13.1. The van der Waals surface area contributed by atoms with Gasteiger partial charge < -0.3 is 14.0 Å². The van der Waals surface area contributed by atoms with Gasteiger partial charge >= 0.3 is 0 Å². The number of ether oxygens (including phenoxy) is 1. The summed E-state index contributed by atoms with van der Waals surface area (Å²) < 4.78 is 12.9. The average molecular weight is 447 g/mol. The Bertz CT molecular complexity index is 722. The highest BCUT2D eigenvalue weighted by Crippen LogP contribution is 2.65. The number of allylic oxidation sites excluding steroid dienone is 1. The number of hydrogen-bond donors (Lipinski definition) is 0. The number of rotatable bonds is 5. The number of carbonyl (C=O) groups excluding carboxylic acids is 1. The van der Waals surface area contributed by atoms with E-state index < -0.39 is 8.32 Å². The summed E-state index contributed by atoms with van der Waals surface area (Å²) >= 11 is 0. The highest BCUT2D eigenvalue weighted by atomic mass is 28.4. The van der Waals surface area contributed by atoms with E-state index in [0.29, 0.717) is 11.5 Å². The monoisotopic (exact) mass is 446 g/mol. The summed E-state index contributed by atoms with van der Waals surface area (Å²) in [6, 6.07) is 0. The van der Waals surface area contributed by atoms with E-state index in [9.17, 15) is 4.79 Å². The Labute approximate surface area is 191 Å². The van der Waals surface area contributed by atoms with E-state index in [-0.39, 0.29) is 23.2 Å². The number of hydrogen-bond acceptors (Lipinski definition) is 3. The summed E-state index contributed by atoms with van der Waals surface area (Å²) in [5, 5.41) is 0.276. The first-order chi connectivity index (χ1) is 14.4. The van der Waals surface area contributed by atoms with Crippen LogP contribution in [0.1, 0.15) is 86.0 Å². The van der Waals surface area contributed by atoms with E-state index in [1.165, 1.54) is 38.5 Å². The van der Waals surface area contributed by atoms with Gasteiger partial charge in [-0.2, -0.15) is 0 Å². The van der Waals surface area contributed by atoms with E-state index in [0.717, 1.165) is 36.9 Å². The molecule has 0 unspecified atom stereocenters. The Balaban J connectivity index is 1.50. The molecule has 0 aromatic rings. The maximum atomic E-state index is 10.9. The van der Waals surface area contributed by atoms with Gasteiger partial charge in [-0.05, 0) is 98.1 Å². The van der Waals surface area contributed by atoms with Crippen molar-refractivity contribution in [1.29, 1.82) is 0 Å². The predicted octanol–water partition coefficient (Wildman–Crippen LogP) is 6.92. The molecule has 0 saturated heterocycles. The number of aldehydes is 1. The van der Waals surface area contributed by atoms with Crippen LogP contribution in [0.2, 0.25) is 18.1 Å². The van der Waals surface area contributed by atoms with Gasteiger partial charge in [0.1, 0.15) is 12.9 Å². The molecule has 0 bridgehead atoms. The van der Waals surface area contributed by atoms with Gasteiger partial charge in [0, 0.05) is 6.10 Å². The Morgan fingerprint density at radius 1 is 1.10 bits per heavy atom. The molecular formula is C27H46O3Si. The molecule has 7 atom stereocenters. The zero-order valence-electron chi connectivity index (χ0n) is 21.1. The molecule has 0 aromatic carbocycles. The molecule has 4 rings (SSSR count). The second kappa shape index (κ2) is 8.09. The fourth-order valence-corrected chi connectivity index (χ4v) is 9.09. The van der Waals surface area contributed by atoms with Crippen molar-refractivity contribution in [2.24, 2.45) is 28.6 Å². The largest absolute Gasteiger partial charge is 0.414 e. The maximum Gasteiger partial charge on any atom is 0.192 e. The molecule has 0 spiro atoms. The zero-order valence-corrected chi connectivity index (χ0v) is 22.1. The topological polar surface area (TPSA) is 35.5 Å². The van der Waals surface area contributed by atoms with Crippen LogP contribution < -0.4 is 0 Å². The van der Waals surface area contributed by atoms with Crippen LogP contribution in [0.15, 0.2) is 11.6 Å². The maximum absolute atomic E-state index is 10.9. The smallest absolute Gasteiger partial charge is 0.192 e. The second-order valence-corrected chi connectivity index (χ2v) is 17.9. The Kier molecular flexibility index (Phi) is 6.19. The van der Waals surface area contributed by atoms with Crippen molar-refractivity contribution in [2.75, 3.05) is 6.61 Å². The van der Waals surface area contributed by atoms with E-state index in [4.69, 9.17) is 9.16 Å². The quantitative estimate of drug-likeness (QED) is 0.261. The lowest BCUT2D eigenvalue weighted by Crippen LogP contribution is -2.52. The summed E-state index contributed by atoms with van der Waals surface area (Å²) in [5.74, 6) is 2.35. The number of fused-ring (bicyclic) bond motifs is 5. The predicted molar refractivity (Wildman–Crippen MR) is 130 cm³/mol. The van der Waals surface area contributed by atoms with Crippen molar-refractivity contribution in [2.45, 2.75) is 116 Å². The van der Waals surface area contributed by atoms with Crippen LogP contribution in [0.25, 0.3) is 0 Å². The number of carbonyl (C=O) groups is 1. The first kappa shape index (κ1) is 23.7. The van der Waals surface area contributed by atoms with Crippen LogP contribution in [-0.2, 0) is 14.0 Å². The summed E-state index contributed by atoms with van der Waals surface area (Å²) in [6.07, 6.45) is 14.1. The van der Waals surface area contributed by atoms with Crippen LogP contribution >= 0.6 is 0 Å². The highest BCUT2D eigenvalue weighted by Gasteiger charge is 2.59. The lowest BCUT2D eigenvalue weighted by atomic mass is 9.48. The average Bonchev–Trinajstić information content (AvgIpc) is 3.02. The molecule has 176 valence electrons. The molecule has 0 heterocycles. The zero-order chi connectivity index (χ0) is 22.7. The molecule has 4 aliphatic rings. The van der Waals surface area contributed by atoms with E-state index >= 15 is 0 Å². The minimum Gasteiger partial charge on any atom is -0.414 e. The fourth-order valence-electron chi connectivity index (χ4n) is 7.70. The Morgan fingerprint density at radius 3 is 2.52 bits per heavy atom. The van der Waals surface area contributed by atoms with Crippen molar-refractivity contribution >= 4 is 14.6 Å². The lowest BCUT2D eigenvalue weighted by molar-refractivity contribution is -0.121. The Morgan fingerprint density at radius 2 is 1.84 bits per heavy atom. The molecule has 0 aromatic heterocycles. The van der Waals surface area contributed by atoms with Crippen molar-refractivity contribution in [3.05, 3.63) is 11.6 Å². The third kappa shape index (κ3) is 3.93. The van der Waals surface area contributed by atoms with Crippen molar-refractivity contribution in [1.82, 2.24) is 0 Å². The lowest BCUT2D eigenvalue weighted by Gasteiger charge is -2.58. The fraction of sp³-hybridized carbons (Fsp3) is 0.889. The molecule has 3 nitrogen and oxygen atoms in total. The molecule has 0 radical (unpaired) electrons. The van der Waals surface area contributed by atoms with E-state index in [1.54, 1.807) is 5.57 Å². The molecule has 31 heavy (non-hydrogen) atoms. The van der Waals surface area contributed by atoms with Crippen molar-refractivity contribution in [3.63, 3.8) is 0 Å². The van der Waals surface area contributed by atoms with Crippen LogP contribution in [0.4, 0.5) is 0 Å². The van der Waals surface area contributed by atoms with Crippen LogP contribution in [-0.4, -0.2) is 33.4 Å². The van der Waals surface area contributed by atoms with Gasteiger partial charge in [0.25, 0.3) is 0 Å². The molecule has 3 fully saturated rings. The van der Waals surface area contributed by atoms with Gasteiger partial charge in [0.05, 0.1) is 6.10 Å². The van der Waals surface area contributed by atoms with Gasteiger partial charge in [0.15, 0.2) is 8.32 Å². The van der Waals surface area contributed by atoms with Crippen LogP contribution in [0.3, 0.4) is 0 Å². The molecule has 4 aliphatic carbocycles. The first-order valence-electron chi connectivity index (χ1n) is 12.8. The molecule has 0 N–H and O–H groups in total. The summed E-state index contributed by atoms with van der Waals surface area (Å²) in [7, 11) is -1.72. The van der Waals surface area contributed by atoms with Crippen molar-refractivity contribution < 1.29 is 14.0 Å². The summed E-state index contributed by atoms with van der Waals surface area (Å²) in [6.45, 7) is 17.2. The summed E-state index contributed by atoms with van der Waals surface area (Å²) in [4.78, 5) is 10.9. The highest BCUT2D eigenvalue weighted by molar-refractivity contribution is 6.74. The minimum atomic E-state index is -1.72. The molecule has 0 aliphatic heterocycles. The SMILES string of the molecule is CC(C)(C)[Si](C)(C)O[C@H]1CC[C@@]2(C)C(=CC[C@H]3[C@@H]4CC[C@H](OCC=O)[C@@]4(C)CC[C@@H]32)C1. The molecule has 4 heteroatoms. The molecule has 0 amide bonds. The first-order valence-corrected chi connectivity index (χ1v) is 15.8. The van der Waals surface area contributed by atoms with Crippen LogP contribution in [0.5, 0.6) is 0 Å².